The zero-order valence-electron chi connectivity index (χ0n) is 9.85. The average Bonchev–Trinajstić information content (AvgIpc) is 3.15. The number of fused-ring (bicyclic) bond motifs is 1. The molecule has 4 nitrogen and oxygen atoms in total. The van der Waals surface area contributed by atoms with Crippen LogP contribution in [0.15, 0.2) is 46.2 Å². The molecule has 4 atom stereocenters. The highest BCUT2D eigenvalue weighted by Crippen LogP contribution is 2.44. The summed E-state index contributed by atoms with van der Waals surface area (Å²) in [5.41, 5.74) is 0. The van der Waals surface area contributed by atoms with Gasteiger partial charge >= 0.3 is 0 Å². The predicted molar refractivity (Wildman–Crippen MR) is 65.5 cm³/mol. The Morgan fingerprint density at radius 3 is 2.56 bits per heavy atom. The van der Waals surface area contributed by atoms with E-state index in [0.717, 1.165) is 0 Å². The summed E-state index contributed by atoms with van der Waals surface area (Å²) in [6, 6.07) is 8.23. The second-order valence-corrected chi connectivity index (χ2v) is 6.71. The molecule has 0 aromatic heterocycles. The Labute approximate surface area is 106 Å². The maximum absolute atomic E-state index is 12.4. The first kappa shape index (κ1) is 11.9. The van der Waals surface area contributed by atoms with E-state index in [0.29, 0.717) is 0 Å². The van der Waals surface area contributed by atoms with Crippen LogP contribution in [-0.4, -0.2) is 31.8 Å². The van der Waals surface area contributed by atoms with Gasteiger partial charge in [-0.05, 0) is 18.2 Å². The molecule has 18 heavy (non-hydrogen) atoms. The second kappa shape index (κ2) is 3.91. The highest BCUT2D eigenvalue weighted by atomic mass is 32.2. The summed E-state index contributed by atoms with van der Waals surface area (Å²) >= 11 is 0. The lowest BCUT2D eigenvalue weighted by Gasteiger charge is -2.19. The molecule has 96 valence electrons. The molecule has 2 aliphatic rings. The summed E-state index contributed by atoms with van der Waals surface area (Å²) in [5.74, 6) is -0.0512. The summed E-state index contributed by atoms with van der Waals surface area (Å²) in [6.07, 6.45) is 0.107. The van der Waals surface area contributed by atoms with Crippen LogP contribution < -0.4 is 0 Å². The van der Waals surface area contributed by atoms with Gasteiger partial charge in [0, 0.05) is 5.92 Å². The number of benzene rings is 1. The van der Waals surface area contributed by atoms with Gasteiger partial charge in [0.15, 0.2) is 0 Å². The number of aliphatic hydroxyl groups is 1. The van der Waals surface area contributed by atoms with Crippen molar-refractivity contribution in [2.24, 2.45) is 5.92 Å². The largest absolute Gasteiger partial charge is 0.389 e. The van der Waals surface area contributed by atoms with Gasteiger partial charge in [-0.2, -0.15) is 0 Å². The minimum Gasteiger partial charge on any atom is -0.389 e. The summed E-state index contributed by atoms with van der Waals surface area (Å²) in [6.45, 7) is 1.86. The minimum absolute atomic E-state index is 0.0512. The molecule has 1 aromatic rings. The van der Waals surface area contributed by atoms with Crippen molar-refractivity contribution in [2.45, 2.75) is 30.1 Å². The summed E-state index contributed by atoms with van der Waals surface area (Å²) in [7, 11) is -3.55. The van der Waals surface area contributed by atoms with Crippen molar-refractivity contribution in [1.82, 2.24) is 0 Å². The van der Waals surface area contributed by atoms with Crippen LogP contribution in [0.4, 0.5) is 0 Å². The van der Waals surface area contributed by atoms with Crippen LogP contribution in [0.2, 0.25) is 0 Å². The quantitative estimate of drug-likeness (QED) is 0.815. The average molecular weight is 266 g/mol. The van der Waals surface area contributed by atoms with E-state index in [-0.39, 0.29) is 27.9 Å². The molecule has 1 saturated heterocycles. The monoisotopic (exact) mass is 266 g/mol. The van der Waals surface area contributed by atoms with Gasteiger partial charge in [0.25, 0.3) is 0 Å². The zero-order chi connectivity index (χ0) is 12.9. The van der Waals surface area contributed by atoms with Crippen molar-refractivity contribution in [3.05, 3.63) is 41.3 Å². The first-order chi connectivity index (χ1) is 8.51. The summed E-state index contributed by atoms with van der Waals surface area (Å²) in [5, 5.41) is 9.83. The van der Waals surface area contributed by atoms with Crippen LogP contribution in [0.5, 0.6) is 0 Å². The summed E-state index contributed by atoms with van der Waals surface area (Å²) < 4.78 is 30.2. The number of aliphatic hydroxyl groups excluding tert-OH is 1. The molecular formula is C13H14O4S. The molecule has 1 aliphatic carbocycles. The van der Waals surface area contributed by atoms with Crippen LogP contribution in [0.1, 0.15) is 6.92 Å². The van der Waals surface area contributed by atoms with Crippen molar-refractivity contribution in [1.29, 1.82) is 0 Å². The number of hydrogen-bond acceptors (Lipinski definition) is 4. The Bertz CT molecular complexity index is 591. The van der Waals surface area contributed by atoms with Crippen LogP contribution in [0.3, 0.4) is 0 Å². The van der Waals surface area contributed by atoms with Gasteiger partial charge in [0.2, 0.25) is 9.84 Å². The van der Waals surface area contributed by atoms with Crippen LogP contribution in [-0.2, 0) is 14.6 Å². The third-order valence-corrected chi connectivity index (χ3v) is 5.44. The summed E-state index contributed by atoms with van der Waals surface area (Å²) in [4.78, 5) is 0.441. The first-order valence-corrected chi connectivity index (χ1v) is 7.35. The Morgan fingerprint density at radius 1 is 1.22 bits per heavy atom. The normalized spacial score (nSPS) is 34.7. The number of hydrogen-bond donors (Lipinski definition) is 1. The van der Waals surface area contributed by atoms with Crippen molar-refractivity contribution in [3.8, 4) is 0 Å². The smallest absolute Gasteiger partial charge is 0.205 e. The lowest BCUT2D eigenvalue weighted by Crippen LogP contribution is -2.29. The standard InChI is InChI=1S/C13H14O4S/c1-8-10(14)7-11(13-12(8)17-13)18(15,16)9-5-3-2-4-6-9/h2-8,10,12-14H,1H3/t8-,10-,12-,13+/m1/s1. The highest BCUT2D eigenvalue weighted by molar-refractivity contribution is 7.95. The SMILES string of the molecule is C[C@H]1[C@H]2O[C@H]2C(S(=O)(=O)c2ccccc2)=C[C@H]1O. The van der Waals surface area contributed by atoms with Gasteiger partial charge in [-0.25, -0.2) is 8.42 Å². The molecule has 5 heteroatoms. The molecule has 1 fully saturated rings. The second-order valence-electron chi connectivity index (χ2n) is 4.76. The Hall–Kier alpha value is -1.17. The van der Waals surface area contributed by atoms with E-state index in [1.54, 1.807) is 30.3 Å². The molecule has 1 heterocycles. The minimum atomic E-state index is -3.55. The fourth-order valence-corrected chi connectivity index (χ4v) is 3.94. The van der Waals surface area contributed by atoms with E-state index < -0.39 is 15.9 Å². The van der Waals surface area contributed by atoms with E-state index in [2.05, 4.69) is 0 Å². The van der Waals surface area contributed by atoms with Crippen LogP contribution in [0.25, 0.3) is 0 Å². The van der Waals surface area contributed by atoms with Gasteiger partial charge < -0.3 is 9.84 Å². The predicted octanol–water partition coefficient (Wildman–Crippen LogP) is 1.12. The molecule has 1 N–H and O–H groups in total. The molecular weight excluding hydrogens is 252 g/mol. The van der Waals surface area contributed by atoms with E-state index in [1.807, 2.05) is 6.92 Å². The number of rotatable bonds is 2. The molecule has 1 aromatic carbocycles. The van der Waals surface area contributed by atoms with Gasteiger partial charge in [-0.3, -0.25) is 0 Å². The molecule has 0 radical (unpaired) electrons. The van der Waals surface area contributed by atoms with Gasteiger partial charge in [-0.1, -0.05) is 25.1 Å². The third kappa shape index (κ3) is 1.70. The molecule has 1 aliphatic heterocycles. The van der Waals surface area contributed by atoms with Crippen LogP contribution >= 0.6 is 0 Å². The van der Waals surface area contributed by atoms with E-state index in [4.69, 9.17) is 4.74 Å². The Morgan fingerprint density at radius 2 is 1.89 bits per heavy atom. The molecule has 0 bridgehead atoms. The van der Waals surface area contributed by atoms with Crippen molar-refractivity contribution in [2.75, 3.05) is 0 Å². The number of sulfone groups is 1. The molecule has 3 rings (SSSR count). The van der Waals surface area contributed by atoms with Crippen LogP contribution in [0, 0.1) is 5.92 Å². The molecule has 0 spiro atoms. The third-order valence-electron chi connectivity index (χ3n) is 3.56. The highest BCUT2D eigenvalue weighted by Gasteiger charge is 2.54. The number of epoxide rings is 1. The Kier molecular flexibility index (Phi) is 2.59. The van der Waals surface area contributed by atoms with Gasteiger partial charge in [0.05, 0.1) is 22.0 Å². The number of ether oxygens (including phenoxy) is 1. The molecule has 0 unspecified atom stereocenters. The fourth-order valence-electron chi connectivity index (χ4n) is 2.34. The maximum atomic E-state index is 12.4. The van der Waals surface area contributed by atoms with E-state index >= 15 is 0 Å². The lowest BCUT2D eigenvalue weighted by atomic mass is 9.93. The Balaban J connectivity index is 2.04. The molecule has 0 saturated carbocycles. The zero-order valence-corrected chi connectivity index (χ0v) is 10.7. The van der Waals surface area contributed by atoms with E-state index in [1.165, 1.54) is 6.08 Å². The van der Waals surface area contributed by atoms with Gasteiger partial charge in [0.1, 0.15) is 6.10 Å². The van der Waals surface area contributed by atoms with E-state index in [9.17, 15) is 13.5 Å². The molecule has 0 amide bonds. The van der Waals surface area contributed by atoms with Gasteiger partial charge in [-0.15, -0.1) is 0 Å². The fraction of sp³-hybridized carbons (Fsp3) is 0.385. The van der Waals surface area contributed by atoms with Crippen molar-refractivity contribution in [3.63, 3.8) is 0 Å². The topological polar surface area (TPSA) is 66.9 Å². The van der Waals surface area contributed by atoms with Crippen molar-refractivity contribution < 1.29 is 18.3 Å². The maximum Gasteiger partial charge on any atom is 0.205 e. The lowest BCUT2D eigenvalue weighted by molar-refractivity contribution is 0.140. The first-order valence-electron chi connectivity index (χ1n) is 5.87. The van der Waals surface area contributed by atoms with Crippen molar-refractivity contribution >= 4 is 9.84 Å².